The van der Waals surface area contributed by atoms with Crippen LogP contribution in [0.2, 0.25) is 0 Å². The zero-order valence-electron chi connectivity index (χ0n) is 15.2. The molecule has 0 fully saturated rings. The summed E-state index contributed by atoms with van der Waals surface area (Å²) in [4.78, 5) is 24.6. The first kappa shape index (κ1) is 18.8. The van der Waals surface area contributed by atoms with Gasteiger partial charge in [0.05, 0.1) is 12.2 Å². The van der Waals surface area contributed by atoms with E-state index < -0.39 is 17.7 Å². The van der Waals surface area contributed by atoms with Gasteiger partial charge in [-0.3, -0.25) is 4.79 Å². The van der Waals surface area contributed by atoms with Gasteiger partial charge < -0.3 is 10.1 Å². The smallest absolute Gasteiger partial charge is 0.336 e. The number of allylic oxidation sites excluding steroid dienone is 1. The number of amides is 1. The van der Waals surface area contributed by atoms with Crippen LogP contribution in [-0.4, -0.2) is 18.5 Å². The van der Waals surface area contributed by atoms with Crippen molar-refractivity contribution in [3.63, 3.8) is 0 Å². The fourth-order valence-electron chi connectivity index (χ4n) is 3.36. The Labute approximate surface area is 158 Å². The highest BCUT2D eigenvalue weighted by atomic mass is 19.1. The average Bonchev–Trinajstić information content (AvgIpc) is 2.65. The van der Waals surface area contributed by atoms with Crippen LogP contribution in [0.4, 0.5) is 4.39 Å². The van der Waals surface area contributed by atoms with Crippen LogP contribution in [-0.2, 0) is 20.7 Å². The zero-order chi connectivity index (χ0) is 19.2. The van der Waals surface area contributed by atoms with Crippen molar-refractivity contribution in [2.45, 2.75) is 32.1 Å². The van der Waals surface area contributed by atoms with E-state index in [-0.39, 0.29) is 18.9 Å². The second kappa shape index (κ2) is 8.62. The summed E-state index contributed by atoms with van der Waals surface area (Å²) in [6.45, 7) is 1.91. The normalized spacial score (nSPS) is 16.8. The number of ether oxygens (including phenoxy) is 1. The summed E-state index contributed by atoms with van der Waals surface area (Å²) in [6, 6.07) is 16.2. The molecule has 2 aromatic rings. The maximum atomic E-state index is 14.3. The van der Waals surface area contributed by atoms with E-state index in [9.17, 15) is 14.0 Å². The molecule has 0 saturated carbocycles. The minimum atomic E-state index is -0.637. The molecule has 1 amide bonds. The molecule has 0 bridgehead atoms. The van der Waals surface area contributed by atoms with Crippen LogP contribution in [0.25, 0.3) is 0 Å². The molecular weight excluding hydrogens is 345 g/mol. The molecule has 27 heavy (non-hydrogen) atoms. The minimum absolute atomic E-state index is 0.0206. The van der Waals surface area contributed by atoms with Crippen molar-refractivity contribution in [1.82, 2.24) is 5.32 Å². The van der Waals surface area contributed by atoms with E-state index in [1.807, 2.05) is 30.3 Å². The number of hydrogen-bond acceptors (Lipinski definition) is 3. The first-order valence-electron chi connectivity index (χ1n) is 9.02. The van der Waals surface area contributed by atoms with Gasteiger partial charge >= 0.3 is 5.97 Å². The molecule has 1 aliphatic heterocycles. The van der Waals surface area contributed by atoms with Crippen LogP contribution < -0.4 is 5.32 Å². The van der Waals surface area contributed by atoms with Gasteiger partial charge in [0, 0.05) is 18.0 Å². The summed E-state index contributed by atoms with van der Waals surface area (Å²) in [5.74, 6) is -1.81. The number of halogens is 1. The topological polar surface area (TPSA) is 55.4 Å². The van der Waals surface area contributed by atoms with Crippen molar-refractivity contribution in [2.75, 3.05) is 6.61 Å². The third-order valence-electron chi connectivity index (χ3n) is 4.66. The highest BCUT2D eigenvalue weighted by Gasteiger charge is 2.34. The largest absolute Gasteiger partial charge is 0.462 e. The molecular formula is C22H22FNO3. The second-order valence-electron chi connectivity index (χ2n) is 6.59. The lowest BCUT2D eigenvalue weighted by atomic mass is 9.84. The van der Waals surface area contributed by atoms with Gasteiger partial charge in [0.15, 0.2) is 0 Å². The molecule has 1 unspecified atom stereocenters. The molecule has 0 spiro atoms. The van der Waals surface area contributed by atoms with Crippen molar-refractivity contribution < 1.29 is 18.7 Å². The molecule has 2 aromatic carbocycles. The van der Waals surface area contributed by atoms with Gasteiger partial charge in [-0.25, -0.2) is 9.18 Å². The number of carbonyl (C=O) groups is 2. The van der Waals surface area contributed by atoms with E-state index in [1.165, 1.54) is 11.6 Å². The third kappa shape index (κ3) is 4.61. The predicted molar refractivity (Wildman–Crippen MR) is 100 cm³/mol. The van der Waals surface area contributed by atoms with E-state index >= 15 is 0 Å². The summed E-state index contributed by atoms with van der Waals surface area (Å²) in [7, 11) is 0. The lowest BCUT2D eigenvalue weighted by Crippen LogP contribution is -2.34. The van der Waals surface area contributed by atoms with Gasteiger partial charge in [-0.05, 0) is 37.0 Å². The fraction of sp³-hybridized carbons (Fsp3) is 0.273. The molecule has 0 aromatic heterocycles. The molecule has 140 valence electrons. The van der Waals surface area contributed by atoms with Crippen LogP contribution >= 0.6 is 0 Å². The lowest BCUT2D eigenvalue weighted by molar-refractivity contribution is -0.139. The van der Waals surface area contributed by atoms with Crippen LogP contribution in [0.5, 0.6) is 0 Å². The number of rotatable bonds is 6. The second-order valence-corrected chi connectivity index (χ2v) is 6.59. The highest BCUT2D eigenvalue weighted by molar-refractivity contribution is 5.95. The minimum Gasteiger partial charge on any atom is -0.462 e. The first-order valence-corrected chi connectivity index (χ1v) is 9.02. The summed E-state index contributed by atoms with van der Waals surface area (Å²) >= 11 is 0. The van der Waals surface area contributed by atoms with Crippen LogP contribution in [0.15, 0.2) is 65.9 Å². The maximum absolute atomic E-state index is 14.3. The Morgan fingerprint density at radius 1 is 1.15 bits per heavy atom. The average molecular weight is 367 g/mol. The van der Waals surface area contributed by atoms with Crippen molar-refractivity contribution in [3.8, 4) is 0 Å². The summed E-state index contributed by atoms with van der Waals surface area (Å²) < 4.78 is 19.7. The van der Waals surface area contributed by atoms with Crippen LogP contribution in [0.3, 0.4) is 0 Å². The molecule has 5 heteroatoms. The number of aryl methyl sites for hydroxylation is 1. The zero-order valence-corrected chi connectivity index (χ0v) is 15.2. The van der Waals surface area contributed by atoms with Gasteiger partial charge in [-0.2, -0.15) is 0 Å². The molecule has 1 heterocycles. The number of hydrogen-bond donors (Lipinski definition) is 1. The predicted octanol–water partition coefficient (Wildman–Crippen LogP) is 3.88. The van der Waals surface area contributed by atoms with Crippen molar-refractivity contribution >= 4 is 11.9 Å². The molecule has 1 N–H and O–H groups in total. The molecule has 3 rings (SSSR count). The van der Waals surface area contributed by atoms with Gasteiger partial charge in [-0.15, -0.1) is 0 Å². The number of carbonyl (C=O) groups excluding carboxylic acids is 2. The molecule has 0 radical (unpaired) electrons. The Kier molecular flexibility index (Phi) is 6.01. The van der Waals surface area contributed by atoms with Crippen molar-refractivity contribution in [1.29, 1.82) is 0 Å². The monoisotopic (exact) mass is 367 g/mol. The van der Waals surface area contributed by atoms with E-state index in [0.717, 1.165) is 6.42 Å². The number of esters is 1. The Morgan fingerprint density at radius 3 is 2.59 bits per heavy atom. The molecule has 0 aliphatic carbocycles. The van der Waals surface area contributed by atoms with Crippen molar-refractivity contribution in [2.24, 2.45) is 0 Å². The lowest BCUT2D eigenvalue weighted by Gasteiger charge is -2.26. The highest BCUT2D eigenvalue weighted by Crippen LogP contribution is 2.34. The first-order chi connectivity index (χ1) is 13.1. The van der Waals surface area contributed by atoms with E-state index in [1.54, 1.807) is 25.1 Å². The van der Waals surface area contributed by atoms with Gasteiger partial charge in [0.2, 0.25) is 5.91 Å². The standard InChI is InChI=1S/C22H22FNO3/c1-15-21(22(26)27-13-7-10-16-8-3-2-4-9-16)18(14-20(25)24-15)17-11-5-6-12-19(17)23/h2-6,8-9,11-12,18H,7,10,13-14H2,1H3,(H,24,25). The molecule has 4 nitrogen and oxygen atoms in total. The Hall–Kier alpha value is -2.95. The van der Waals surface area contributed by atoms with Gasteiger partial charge in [0.25, 0.3) is 0 Å². The maximum Gasteiger partial charge on any atom is 0.336 e. The number of nitrogens with one attached hydrogen (secondary N) is 1. The Morgan fingerprint density at radius 2 is 1.85 bits per heavy atom. The van der Waals surface area contributed by atoms with Gasteiger partial charge in [0.1, 0.15) is 5.82 Å². The van der Waals surface area contributed by atoms with Crippen molar-refractivity contribution in [3.05, 3.63) is 82.8 Å². The molecule has 1 aliphatic rings. The summed E-state index contributed by atoms with van der Waals surface area (Å²) in [5, 5.41) is 2.66. The number of benzene rings is 2. The quantitative estimate of drug-likeness (QED) is 0.623. The molecule has 0 saturated heterocycles. The van der Waals surface area contributed by atoms with Crippen LogP contribution in [0, 0.1) is 5.82 Å². The van der Waals surface area contributed by atoms with E-state index in [2.05, 4.69) is 5.32 Å². The molecule has 1 atom stereocenters. The van der Waals surface area contributed by atoms with E-state index in [4.69, 9.17) is 4.74 Å². The van der Waals surface area contributed by atoms with Gasteiger partial charge in [-0.1, -0.05) is 48.5 Å². The fourth-order valence-corrected chi connectivity index (χ4v) is 3.36. The Bertz CT molecular complexity index is 861. The Balaban J connectivity index is 1.69. The summed E-state index contributed by atoms with van der Waals surface area (Å²) in [6.07, 6.45) is 1.52. The SMILES string of the molecule is CC1=C(C(=O)OCCCc2ccccc2)C(c2ccccc2F)CC(=O)N1. The third-order valence-corrected chi connectivity index (χ3v) is 4.66. The van der Waals surface area contributed by atoms with E-state index in [0.29, 0.717) is 23.3 Å². The summed E-state index contributed by atoms with van der Waals surface area (Å²) in [5.41, 5.74) is 2.26. The van der Waals surface area contributed by atoms with Crippen LogP contribution in [0.1, 0.15) is 36.8 Å².